The van der Waals surface area contributed by atoms with E-state index in [1.165, 1.54) is 0 Å². The molecule has 2 aromatic rings. The summed E-state index contributed by atoms with van der Waals surface area (Å²) < 4.78 is 25.6. The van der Waals surface area contributed by atoms with Crippen LogP contribution in [0.1, 0.15) is 18.1 Å². The van der Waals surface area contributed by atoms with Gasteiger partial charge in [-0.25, -0.2) is 8.42 Å². The average Bonchev–Trinajstić information content (AvgIpc) is 2.52. The third kappa shape index (κ3) is 5.51. The van der Waals surface area contributed by atoms with Crippen molar-refractivity contribution < 1.29 is 13.2 Å². The molecule has 0 saturated heterocycles. The topological polar surface area (TPSA) is 66.5 Å². The lowest BCUT2D eigenvalue weighted by Crippen LogP contribution is -2.37. The maximum atomic E-state index is 12.5. The number of aryl methyl sites for hydroxylation is 2. The number of anilines is 2. The molecule has 7 heteroatoms. The Bertz CT molecular complexity index is 875. The fraction of sp³-hybridized carbons (Fsp3) is 0.316. The van der Waals surface area contributed by atoms with Crippen molar-refractivity contribution in [3.63, 3.8) is 0 Å². The fourth-order valence-corrected chi connectivity index (χ4v) is 4.27. The molecule has 0 fully saturated rings. The molecule has 1 amide bonds. The van der Waals surface area contributed by atoms with Crippen molar-refractivity contribution in [3.05, 3.63) is 53.6 Å². The normalized spacial score (nSPS) is 11.2. The maximum Gasteiger partial charge on any atom is 0.245 e. The van der Waals surface area contributed by atoms with Crippen LogP contribution in [0.5, 0.6) is 0 Å². The monoisotopic (exact) mass is 392 g/mol. The third-order valence-corrected chi connectivity index (χ3v) is 5.74. The Morgan fingerprint density at radius 3 is 2.31 bits per heavy atom. The minimum Gasteiger partial charge on any atom is -0.323 e. The predicted octanol–water partition coefficient (Wildman–Crippen LogP) is 3.82. The first-order chi connectivity index (χ1) is 12.2. The zero-order chi connectivity index (χ0) is 19.3. The summed E-state index contributed by atoms with van der Waals surface area (Å²) in [6.45, 7) is 5.56. The smallest absolute Gasteiger partial charge is 0.245 e. The molecule has 140 valence electrons. The highest BCUT2D eigenvalue weighted by atomic mass is 32.2. The Labute approximate surface area is 159 Å². The van der Waals surface area contributed by atoms with Gasteiger partial charge in [0.1, 0.15) is 6.54 Å². The van der Waals surface area contributed by atoms with E-state index in [0.717, 1.165) is 32.3 Å². The van der Waals surface area contributed by atoms with Gasteiger partial charge in [0.2, 0.25) is 15.9 Å². The SMILES string of the molecule is CCSc1ccccc1NC(=O)CN(c1cc(C)cc(C)c1)S(C)(=O)=O. The molecule has 0 spiro atoms. The number of sulfonamides is 1. The molecule has 0 aliphatic heterocycles. The molecule has 0 atom stereocenters. The number of hydrogen-bond donors (Lipinski definition) is 1. The molecule has 0 bridgehead atoms. The Morgan fingerprint density at radius 1 is 1.12 bits per heavy atom. The minimum atomic E-state index is -3.59. The molecule has 0 unspecified atom stereocenters. The Hall–Kier alpha value is -1.99. The van der Waals surface area contributed by atoms with Crippen LogP contribution in [0.15, 0.2) is 47.4 Å². The van der Waals surface area contributed by atoms with Crippen LogP contribution in [-0.2, 0) is 14.8 Å². The van der Waals surface area contributed by atoms with Gasteiger partial charge in [-0.3, -0.25) is 9.10 Å². The van der Waals surface area contributed by atoms with E-state index in [0.29, 0.717) is 11.4 Å². The molecular weight excluding hydrogens is 368 g/mol. The number of rotatable bonds is 7. The van der Waals surface area contributed by atoms with Crippen LogP contribution in [-0.4, -0.2) is 32.9 Å². The predicted molar refractivity (Wildman–Crippen MR) is 110 cm³/mol. The van der Waals surface area contributed by atoms with Gasteiger partial charge in [0.05, 0.1) is 17.6 Å². The third-order valence-electron chi connectivity index (χ3n) is 3.64. The van der Waals surface area contributed by atoms with Gasteiger partial charge in [0.15, 0.2) is 0 Å². The van der Waals surface area contributed by atoms with Gasteiger partial charge in [0.25, 0.3) is 0 Å². The van der Waals surface area contributed by atoms with Crippen LogP contribution >= 0.6 is 11.8 Å². The summed E-state index contributed by atoms with van der Waals surface area (Å²) in [5, 5.41) is 2.83. The van der Waals surface area contributed by atoms with Gasteiger partial charge < -0.3 is 5.32 Å². The molecule has 26 heavy (non-hydrogen) atoms. The number of carbonyl (C=O) groups is 1. The first kappa shape index (κ1) is 20.3. The number of amides is 1. The number of thioether (sulfide) groups is 1. The van der Waals surface area contributed by atoms with Crippen LogP contribution in [0.25, 0.3) is 0 Å². The lowest BCUT2D eigenvalue weighted by atomic mass is 10.1. The van der Waals surface area contributed by atoms with E-state index in [-0.39, 0.29) is 12.5 Å². The zero-order valence-corrected chi connectivity index (χ0v) is 17.1. The van der Waals surface area contributed by atoms with Gasteiger partial charge in [-0.15, -0.1) is 11.8 Å². The summed E-state index contributed by atoms with van der Waals surface area (Å²) in [5.41, 5.74) is 3.08. The largest absolute Gasteiger partial charge is 0.323 e. The number of carbonyl (C=O) groups excluding carboxylic acids is 1. The van der Waals surface area contributed by atoms with Crippen molar-refractivity contribution >= 4 is 39.1 Å². The Balaban J connectivity index is 2.26. The van der Waals surface area contributed by atoms with E-state index >= 15 is 0 Å². The number of hydrogen-bond acceptors (Lipinski definition) is 4. The summed E-state index contributed by atoms with van der Waals surface area (Å²) in [5.74, 6) is 0.504. The molecular formula is C19H24N2O3S2. The van der Waals surface area contributed by atoms with E-state index < -0.39 is 10.0 Å². The summed E-state index contributed by atoms with van der Waals surface area (Å²) in [6.07, 6.45) is 1.11. The van der Waals surface area contributed by atoms with E-state index in [9.17, 15) is 13.2 Å². The highest BCUT2D eigenvalue weighted by Gasteiger charge is 2.21. The highest BCUT2D eigenvalue weighted by Crippen LogP contribution is 2.27. The minimum absolute atomic E-state index is 0.271. The summed E-state index contributed by atoms with van der Waals surface area (Å²) in [4.78, 5) is 13.5. The van der Waals surface area contributed by atoms with Crippen molar-refractivity contribution in [3.8, 4) is 0 Å². The Kier molecular flexibility index (Phi) is 6.72. The lowest BCUT2D eigenvalue weighted by Gasteiger charge is -2.23. The second-order valence-corrected chi connectivity index (χ2v) is 9.31. The Morgan fingerprint density at radius 2 is 1.73 bits per heavy atom. The van der Waals surface area contributed by atoms with Crippen LogP contribution in [0.2, 0.25) is 0 Å². The van der Waals surface area contributed by atoms with Gasteiger partial charge in [-0.05, 0) is 55.0 Å². The molecule has 0 saturated carbocycles. The van der Waals surface area contributed by atoms with Gasteiger partial charge in [0, 0.05) is 4.90 Å². The van der Waals surface area contributed by atoms with Crippen LogP contribution in [0.3, 0.4) is 0 Å². The second-order valence-electron chi connectivity index (χ2n) is 6.09. The zero-order valence-electron chi connectivity index (χ0n) is 15.4. The molecule has 0 aliphatic carbocycles. The van der Waals surface area contributed by atoms with E-state index in [4.69, 9.17) is 0 Å². The summed E-state index contributed by atoms with van der Waals surface area (Å²) in [6, 6.07) is 13.0. The molecule has 5 nitrogen and oxygen atoms in total. The molecule has 0 radical (unpaired) electrons. The maximum absolute atomic E-state index is 12.5. The van der Waals surface area contributed by atoms with Crippen LogP contribution in [0.4, 0.5) is 11.4 Å². The van der Waals surface area contributed by atoms with Crippen LogP contribution < -0.4 is 9.62 Å². The first-order valence-electron chi connectivity index (χ1n) is 8.28. The fourth-order valence-electron chi connectivity index (χ4n) is 2.67. The quantitative estimate of drug-likeness (QED) is 0.728. The van der Waals surface area contributed by atoms with Gasteiger partial charge in [-0.1, -0.05) is 25.1 Å². The standard InChI is InChI=1S/C19H24N2O3S2/c1-5-25-18-9-7-6-8-17(18)20-19(22)13-21(26(4,23)24)16-11-14(2)10-15(3)12-16/h6-12H,5,13H2,1-4H3,(H,20,22). The van der Waals surface area contributed by atoms with Crippen molar-refractivity contribution in [1.29, 1.82) is 0 Å². The van der Waals surface area contributed by atoms with E-state index in [1.807, 2.05) is 51.1 Å². The van der Waals surface area contributed by atoms with Crippen molar-refractivity contribution in [2.24, 2.45) is 0 Å². The molecule has 1 N–H and O–H groups in total. The number of nitrogens with one attached hydrogen (secondary N) is 1. The van der Waals surface area contributed by atoms with Crippen molar-refractivity contribution in [2.45, 2.75) is 25.7 Å². The summed E-state index contributed by atoms with van der Waals surface area (Å²) >= 11 is 1.62. The number of para-hydroxylation sites is 1. The van der Waals surface area contributed by atoms with Crippen molar-refractivity contribution in [2.75, 3.05) is 28.2 Å². The van der Waals surface area contributed by atoms with Gasteiger partial charge >= 0.3 is 0 Å². The number of nitrogens with zero attached hydrogens (tertiary/aromatic N) is 1. The molecule has 2 rings (SSSR count). The average molecular weight is 393 g/mol. The highest BCUT2D eigenvalue weighted by molar-refractivity contribution is 7.99. The number of benzene rings is 2. The first-order valence-corrected chi connectivity index (χ1v) is 11.1. The molecule has 0 aliphatic rings. The molecule has 0 aromatic heterocycles. The molecule has 2 aromatic carbocycles. The van der Waals surface area contributed by atoms with E-state index in [1.54, 1.807) is 23.9 Å². The van der Waals surface area contributed by atoms with E-state index in [2.05, 4.69) is 5.32 Å². The van der Waals surface area contributed by atoms with Crippen molar-refractivity contribution in [1.82, 2.24) is 0 Å². The second kappa shape index (κ2) is 8.60. The summed E-state index contributed by atoms with van der Waals surface area (Å²) in [7, 11) is -3.59. The van der Waals surface area contributed by atoms with Crippen LogP contribution in [0, 0.1) is 13.8 Å². The molecule has 0 heterocycles. The lowest BCUT2D eigenvalue weighted by molar-refractivity contribution is -0.114. The van der Waals surface area contributed by atoms with Gasteiger partial charge in [-0.2, -0.15) is 0 Å².